The molecule has 1 aromatic carbocycles. The zero-order chi connectivity index (χ0) is 16.0. The van der Waals surface area contributed by atoms with Gasteiger partial charge >= 0.3 is 5.97 Å². The van der Waals surface area contributed by atoms with Crippen LogP contribution in [0.5, 0.6) is 17.2 Å². The highest BCUT2D eigenvalue weighted by Gasteiger charge is 2.31. The van der Waals surface area contributed by atoms with Crippen LogP contribution in [-0.2, 0) is 9.53 Å². The number of ether oxygens (including phenoxy) is 4. The summed E-state index contributed by atoms with van der Waals surface area (Å²) in [6.07, 6.45) is -1.33. The number of nitrogens with two attached hydrogens (primary N) is 1. The van der Waals surface area contributed by atoms with E-state index in [0.717, 1.165) is 0 Å². The first-order valence-electron chi connectivity index (χ1n) is 6.40. The molecular formula is C14H21NO6. The summed E-state index contributed by atoms with van der Waals surface area (Å²) >= 11 is 0. The monoisotopic (exact) mass is 299 g/mol. The topological polar surface area (TPSA) is 100 Å². The van der Waals surface area contributed by atoms with Crippen molar-refractivity contribution in [1.29, 1.82) is 0 Å². The Hall–Kier alpha value is -1.99. The maximum Gasteiger partial charge on any atom is 0.325 e. The van der Waals surface area contributed by atoms with Gasteiger partial charge in [0.05, 0.1) is 33.5 Å². The number of esters is 1. The lowest BCUT2D eigenvalue weighted by molar-refractivity contribution is -0.147. The molecule has 21 heavy (non-hydrogen) atoms. The Kier molecular flexibility index (Phi) is 6.26. The minimum absolute atomic E-state index is 0.177. The summed E-state index contributed by atoms with van der Waals surface area (Å²) in [6, 6.07) is 1.89. The minimum atomic E-state index is -1.33. The molecule has 0 saturated heterocycles. The zero-order valence-corrected chi connectivity index (χ0v) is 12.6. The van der Waals surface area contributed by atoms with Crippen molar-refractivity contribution in [2.75, 3.05) is 27.9 Å². The summed E-state index contributed by atoms with van der Waals surface area (Å²) in [5.41, 5.74) is 5.99. The molecule has 0 saturated carbocycles. The van der Waals surface area contributed by atoms with Crippen LogP contribution in [0.3, 0.4) is 0 Å². The summed E-state index contributed by atoms with van der Waals surface area (Å²) < 4.78 is 20.4. The van der Waals surface area contributed by atoms with Crippen molar-refractivity contribution >= 4 is 5.97 Å². The lowest BCUT2D eigenvalue weighted by Crippen LogP contribution is -2.38. The highest BCUT2D eigenvalue weighted by atomic mass is 16.5. The van der Waals surface area contributed by atoms with Crippen molar-refractivity contribution in [2.45, 2.75) is 19.1 Å². The van der Waals surface area contributed by atoms with Crippen LogP contribution in [0.4, 0.5) is 0 Å². The van der Waals surface area contributed by atoms with E-state index in [2.05, 4.69) is 0 Å². The van der Waals surface area contributed by atoms with Gasteiger partial charge in [-0.15, -0.1) is 0 Å². The van der Waals surface area contributed by atoms with Crippen LogP contribution in [0.2, 0.25) is 0 Å². The summed E-state index contributed by atoms with van der Waals surface area (Å²) in [5, 5.41) is 10.3. The number of methoxy groups -OCH3 is 3. The number of aliphatic hydroxyl groups is 1. The van der Waals surface area contributed by atoms with Crippen LogP contribution in [0.25, 0.3) is 0 Å². The van der Waals surface area contributed by atoms with Gasteiger partial charge < -0.3 is 29.8 Å². The van der Waals surface area contributed by atoms with Crippen LogP contribution in [-0.4, -0.2) is 45.1 Å². The Labute approximate surface area is 123 Å². The first kappa shape index (κ1) is 17.1. The lowest BCUT2D eigenvalue weighted by Gasteiger charge is -2.22. The first-order valence-corrected chi connectivity index (χ1v) is 6.40. The molecule has 7 nitrogen and oxygen atoms in total. The molecule has 0 bridgehead atoms. The van der Waals surface area contributed by atoms with Gasteiger partial charge in [-0.25, -0.2) is 0 Å². The fraction of sp³-hybridized carbons (Fsp3) is 0.500. The second kappa shape index (κ2) is 7.70. The third-order valence-electron chi connectivity index (χ3n) is 2.95. The molecule has 0 aliphatic carbocycles. The number of hydrogen-bond donors (Lipinski definition) is 2. The van der Waals surface area contributed by atoms with Crippen molar-refractivity contribution < 1.29 is 28.8 Å². The average molecular weight is 299 g/mol. The standard InChI is InChI=1S/C14H21NO6/c1-5-21-14(17)12(15)13(16)11-9(19-3)6-8(18-2)7-10(11)20-4/h6-7,12-13,16H,5,15H2,1-4H3. The molecule has 0 aromatic heterocycles. The molecular weight excluding hydrogens is 278 g/mol. The summed E-state index contributed by atoms with van der Waals surface area (Å²) in [4.78, 5) is 11.7. The van der Waals surface area contributed by atoms with Gasteiger partial charge in [0.15, 0.2) is 0 Å². The summed E-state index contributed by atoms with van der Waals surface area (Å²) in [6.45, 7) is 1.84. The quantitative estimate of drug-likeness (QED) is 0.712. The second-order valence-electron chi connectivity index (χ2n) is 4.17. The molecule has 1 aromatic rings. The van der Waals surface area contributed by atoms with Crippen LogP contribution >= 0.6 is 0 Å². The minimum Gasteiger partial charge on any atom is -0.496 e. The molecule has 0 heterocycles. The number of benzene rings is 1. The third-order valence-corrected chi connectivity index (χ3v) is 2.95. The van der Waals surface area contributed by atoms with Crippen LogP contribution in [0, 0.1) is 0 Å². The molecule has 0 amide bonds. The van der Waals surface area contributed by atoms with Crippen molar-refractivity contribution in [1.82, 2.24) is 0 Å². The highest BCUT2D eigenvalue weighted by molar-refractivity contribution is 5.77. The number of carbonyl (C=O) groups excluding carboxylic acids is 1. The van der Waals surface area contributed by atoms with Gasteiger partial charge in [-0.1, -0.05) is 0 Å². The van der Waals surface area contributed by atoms with Gasteiger partial charge in [0.25, 0.3) is 0 Å². The summed E-state index contributed by atoms with van der Waals surface area (Å²) in [7, 11) is 4.36. The van der Waals surface area contributed by atoms with Gasteiger partial charge in [0.2, 0.25) is 0 Å². The fourth-order valence-corrected chi connectivity index (χ4v) is 1.87. The highest BCUT2D eigenvalue weighted by Crippen LogP contribution is 2.39. The molecule has 7 heteroatoms. The van der Waals surface area contributed by atoms with E-state index in [1.54, 1.807) is 19.1 Å². The van der Waals surface area contributed by atoms with Gasteiger partial charge in [0.1, 0.15) is 29.4 Å². The van der Waals surface area contributed by atoms with Gasteiger partial charge in [-0.3, -0.25) is 4.79 Å². The van der Waals surface area contributed by atoms with Crippen molar-refractivity contribution in [3.63, 3.8) is 0 Å². The van der Waals surface area contributed by atoms with E-state index in [1.807, 2.05) is 0 Å². The number of carbonyl (C=O) groups is 1. The van der Waals surface area contributed by atoms with E-state index in [-0.39, 0.29) is 12.2 Å². The second-order valence-corrected chi connectivity index (χ2v) is 4.17. The van der Waals surface area contributed by atoms with E-state index in [0.29, 0.717) is 17.2 Å². The molecule has 0 spiro atoms. The molecule has 2 atom stereocenters. The maximum atomic E-state index is 11.7. The number of rotatable bonds is 7. The Balaban J connectivity index is 3.23. The average Bonchev–Trinajstić information content (AvgIpc) is 2.51. The van der Waals surface area contributed by atoms with Gasteiger partial charge in [0, 0.05) is 12.1 Å². The third kappa shape index (κ3) is 3.77. The van der Waals surface area contributed by atoms with E-state index >= 15 is 0 Å². The van der Waals surface area contributed by atoms with Crippen molar-refractivity contribution in [3.8, 4) is 17.2 Å². The largest absolute Gasteiger partial charge is 0.496 e. The first-order chi connectivity index (χ1) is 9.99. The zero-order valence-electron chi connectivity index (χ0n) is 12.6. The molecule has 118 valence electrons. The number of hydrogen-bond acceptors (Lipinski definition) is 7. The van der Waals surface area contributed by atoms with Crippen LogP contribution in [0.1, 0.15) is 18.6 Å². The van der Waals surface area contributed by atoms with E-state index in [9.17, 15) is 9.90 Å². The summed E-state index contributed by atoms with van der Waals surface area (Å²) in [5.74, 6) is 0.395. The molecule has 0 aliphatic rings. The van der Waals surface area contributed by atoms with Gasteiger partial charge in [-0.2, -0.15) is 0 Å². The van der Waals surface area contributed by atoms with Crippen molar-refractivity contribution in [3.05, 3.63) is 17.7 Å². The molecule has 1 rings (SSSR count). The predicted molar refractivity (Wildman–Crippen MR) is 75.7 cm³/mol. The molecule has 0 radical (unpaired) electrons. The Morgan fingerprint density at radius 1 is 1.19 bits per heavy atom. The molecule has 0 fully saturated rings. The predicted octanol–water partition coefficient (Wildman–Crippen LogP) is 0.636. The fourth-order valence-electron chi connectivity index (χ4n) is 1.87. The maximum absolute atomic E-state index is 11.7. The van der Waals surface area contributed by atoms with Crippen LogP contribution < -0.4 is 19.9 Å². The lowest BCUT2D eigenvalue weighted by atomic mass is 10.00. The van der Waals surface area contributed by atoms with E-state index in [4.69, 9.17) is 24.7 Å². The smallest absolute Gasteiger partial charge is 0.325 e. The van der Waals surface area contributed by atoms with E-state index < -0.39 is 18.1 Å². The molecule has 0 aliphatic heterocycles. The van der Waals surface area contributed by atoms with Crippen molar-refractivity contribution in [2.24, 2.45) is 5.73 Å². The van der Waals surface area contributed by atoms with E-state index in [1.165, 1.54) is 21.3 Å². The van der Waals surface area contributed by atoms with Crippen LogP contribution in [0.15, 0.2) is 12.1 Å². The molecule has 2 unspecified atom stereocenters. The molecule has 3 N–H and O–H groups in total. The normalized spacial score (nSPS) is 13.2. The van der Waals surface area contributed by atoms with Gasteiger partial charge in [-0.05, 0) is 6.92 Å². The Morgan fingerprint density at radius 3 is 2.10 bits per heavy atom. The Morgan fingerprint density at radius 2 is 1.71 bits per heavy atom. The number of aliphatic hydroxyl groups excluding tert-OH is 1. The Bertz CT molecular complexity index is 465. The SMILES string of the molecule is CCOC(=O)C(N)C(O)c1c(OC)cc(OC)cc1OC.